The van der Waals surface area contributed by atoms with E-state index in [0.717, 1.165) is 12.8 Å². The van der Waals surface area contributed by atoms with Crippen molar-refractivity contribution in [3.8, 4) is 0 Å². The van der Waals surface area contributed by atoms with Crippen molar-refractivity contribution < 1.29 is 5.11 Å². The van der Waals surface area contributed by atoms with E-state index in [1.54, 1.807) is 0 Å². The summed E-state index contributed by atoms with van der Waals surface area (Å²) < 4.78 is 0. The molecule has 1 saturated carbocycles. The van der Waals surface area contributed by atoms with Gasteiger partial charge in [0.1, 0.15) is 0 Å². The average molecular weight is 178 g/mol. The normalized spacial score (nSPS) is 38.3. The van der Waals surface area contributed by atoms with E-state index >= 15 is 0 Å². The maximum absolute atomic E-state index is 9.39. The first-order valence-electron chi connectivity index (χ1n) is 5.32. The Morgan fingerprint density at radius 1 is 1.46 bits per heavy atom. The molecular weight excluding hydrogens is 160 g/mol. The van der Waals surface area contributed by atoms with Crippen molar-refractivity contribution in [3.05, 3.63) is 23.8 Å². The minimum Gasteiger partial charge on any atom is -0.393 e. The molecule has 1 heteroatoms. The van der Waals surface area contributed by atoms with E-state index in [4.69, 9.17) is 0 Å². The molecule has 1 fully saturated rings. The van der Waals surface area contributed by atoms with Gasteiger partial charge in [-0.15, -0.1) is 0 Å². The van der Waals surface area contributed by atoms with E-state index in [1.807, 2.05) is 0 Å². The van der Waals surface area contributed by atoms with Crippen LogP contribution in [0.3, 0.4) is 0 Å². The first-order chi connectivity index (χ1) is 6.27. The van der Waals surface area contributed by atoms with Crippen LogP contribution in [0.15, 0.2) is 23.8 Å². The number of hydrogen-bond acceptors (Lipinski definition) is 1. The molecule has 0 heterocycles. The van der Waals surface area contributed by atoms with Crippen LogP contribution in [0.2, 0.25) is 0 Å². The molecule has 0 atom stereocenters. The molecule has 1 N–H and O–H groups in total. The summed E-state index contributed by atoms with van der Waals surface area (Å²) in [4.78, 5) is 0. The lowest BCUT2D eigenvalue weighted by Crippen LogP contribution is -2.41. The molecular formula is C12H18O. The van der Waals surface area contributed by atoms with Crippen molar-refractivity contribution in [1.29, 1.82) is 0 Å². The highest BCUT2D eigenvalue weighted by Gasteiger charge is 2.43. The first-order valence-corrected chi connectivity index (χ1v) is 5.32. The largest absolute Gasteiger partial charge is 0.393 e. The van der Waals surface area contributed by atoms with Gasteiger partial charge in [0.2, 0.25) is 0 Å². The Bertz CT molecular complexity index is 244. The average Bonchev–Trinajstić information content (AvgIpc) is 2.14. The lowest BCUT2D eigenvalue weighted by Gasteiger charge is -2.46. The van der Waals surface area contributed by atoms with Crippen molar-refractivity contribution in [2.75, 3.05) is 0 Å². The van der Waals surface area contributed by atoms with Crippen molar-refractivity contribution in [2.45, 2.75) is 45.1 Å². The molecule has 0 radical (unpaired) electrons. The molecule has 0 aromatic rings. The predicted molar refractivity (Wildman–Crippen MR) is 54.4 cm³/mol. The number of hydrogen-bond donors (Lipinski definition) is 1. The van der Waals surface area contributed by atoms with Gasteiger partial charge in [-0.25, -0.2) is 0 Å². The van der Waals surface area contributed by atoms with Crippen molar-refractivity contribution >= 4 is 0 Å². The summed E-state index contributed by atoms with van der Waals surface area (Å²) >= 11 is 0. The summed E-state index contributed by atoms with van der Waals surface area (Å²) in [6.45, 7) is 2.23. The SMILES string of the molecule is CCC1(C2=CCCC=C2)CC(O)C1. The fraction of sp³-hybridized carbons (Fsp3) is 0.667. The van der Waals surface area contributed by atoms with Crippen molar-refractivity contribution in [2.24, 2.45) is 5.41 Å². The predicted octanol–water partition coefficient (Wildman–Crippen LogP) is 2.81. The molecule has 2 aliphatic carbocycles. The Balaban J connectivity index is 2.13. The molecule has 2 aliphatic rings. The Labute approximate surface area is 80.2 Å². The zero-order valence-corrected chi connectivity index (χ0v) is 8.29. The van der Waals surface area contributed by atoms with Gasteiger partial charge < -0.3 is 5.11 Å². The van der Waals surface area contributed by atoms with Crippen molar-refractivity contribution in [1.82, 2.24) is 0 Å². The van der Waals surface area contributed by atoms with Gasteiger partial charge in [-0.2, -0.15) is 0 Å². The van der Waals surface area contributed by atoms with Gasteiger partial charge in [-0.1, -0.05) is 25.2 Å². The maximum Gasteiger partial charge on any atom is 0.0557 e. The van der Waals surface area contributed by atoms with Crippen LogP contribution in [-0.2, 0) is 0 Å². The molecule has 0 unspecified atom stereocenters. The van der Waals surface area contributed by atoms with E-state index in [2.05, 4.69) is 25.2 Å². The third-order valence-corrected chi connectivity index (χ3v) is 3.54. The molecule has 13 heavy (non-hydrogen) atoms. The monoisotopic (exact) mass is 178 g/mol. The summed E-state index contributed by atoms with van der Waals surface area (Å²) in [5.74, 6) is 0. The number of aliphatic hydroxyl groups is 1. The number of rotatable bonds is 2. The van der Waals surface area contributed by atoms with Gasteiger partial charge in [0.05, 0.1) is 6.10 Å². The zero-order chi connectivity index (χ0) is 9.31. The highest BCUT2D eigenvalue weighted by atomic mass is 16.3. The molecule has 0 aromatic heterocycles. The number of aliphatic hydroxyl groups excluding tert-OH is 1. The third kappa shape index (κ3) is 1.46. The zero-order valence-electron chi connectivity index (χ0n) is 8.29. The lowest BCUT2D eigenvalue weighted by molar-refractivity contribution is -0.00902. The minimum absolute atomic E-state index is 0.0452. The maximum atomic E-state index is 9.39. The standard InChI is InChI=1S/C12H18O/c1-2-12(8-11(13)9-12)10-6-4-3-5-7-10/h4,6-7,11,13H,2-3,5,8-9H2,1H3. The second-order valence-corrected chi connectivity index (χ2v) is 4.34. The quantitative estimate of drug-likeness (QED) is 0.689. The van der Waals surface area contributed by atoms with E-state index < -0.39 is 0 Å². The first kappa shape index (κ1) is 9.01. The van der Waals surface area contributed by atoms with Crippen LogP contribution in [0.25, 0.3) is 0 Å². The molecule has 0 aliphatic heterocycles. The highest BCUT2D eigenvalue weighted by Crippen LogP contribution is 2.50. The fourth-order valence-corrected chi connectivity index (χ4v) is 2.58. The van der Waals surface area contributed by atoms with Gasteiger partial charge >= 0.3 is 0 Å². The topological polar surface area (TPSA) is 20.2 Å². The van der Waals surface area contributed by atoms with Gasteiger partial charge in [0.25, 0.3) is 0 Å². The van der Waals surface area contributed by atoms with Crippen LogP contribution >= 0.6 is 0 Å². The smallest absolute Gasteiger partial charge is 0.0557 e. The van der Waals surface area contributed by atoms with Crippen LogP contribution in [0.5, 0.6) is 0 Å². The summed E-state index contributed by atoms with van der Waals surface area (Å²) in [7, 11) is 0. The molecule has 0 spiro atoms. The van der Waals surface area contributed by atoms with Gasteiger partial charge in [0, 0.05) is 0 Å². The summed E-state index contributed by atoms with van der Waals surface area (Å²) in [5.41, 5.74) is 1.81. The molecule has 1 nitrogen and oxygen atoms in total. The molecule has 0 aromatic carbocycles. The van der Waals surface area contributed by atoms with Gasteiger partial charge in [0.15, 0.2) is 0 Å². The van der Waals surface area contributed by atoms with Crippen molar-refractivity contribution in [3.63, 3.8) is 0 Å². The summed E-state index contributed by atoms with van der Waals surface area (Å²) in [6, 6.07) is 0. The number of allylic oxidation sites excluding steroid dienone is 4. The van der Waals surface area contributed by atoms with Crippen LogP contribution in [0.1, 0.15) is 39.0 Å². The fourth-order valence-electron chi connectivity index (χ4n) is 2.58. The van der Waals surface area contributed by atoms with E-state index in [0.29, 0.717) is 5.41 Å². The second-order valence-electron chi connectivity index (χ2n) is 4.34. The van der Waals surface area contributed by atoms with Gasteiger partial charge in [-0.05, 0) is 43.1 Å². The molecule has 0 bridgehead atoms. The highest BCUT2D eigenvalue weighted by molar-refractivity contribution is 5.32. The Hall–Kier alpha value is -0.560. The summed E-state index contributed by atoms with van der Waals surface area (Å²) in [5, 5.41) is 9.39. The Morgan fingerprint density at radius 3 is 2.69 bits per heavy atom. The van der Waals surface area contributed by atoms with E-state index in [1.165, 1.54) is 24.8 Å². The van der Waals surface area contributed by atoms with Crippen LogP contribution in [0.4, 0.5) is 0 Å². The molecule has 2 rings (SSSR count). The lowest BCUT2D eigenvalue weighted by atomic mass is 9.60. The Morgan fingerprint density at radius 2 is 2.23 bits per heavy atom. The van der Waals surface area contributed by atoms with Crippen LogP contribution < -0.4 is 0 Å². The van der Waals surface area contributed by atoms with Crippen LogP contribution in [0, 0.1) is 5.41 Å². The molecule has 0 saturated heterocycles. The van der Waals surface area contributed by atoms with Gasteiger partial charge in [-0.3, -0.25) is 0 Å². The molecule has 0 amide bonds. The van der Waals surface area contributed by atoms with Crippen LogP contribution in [-0.4, -0.2) is 11.2 Å². The minimum atomic E-state index is -0.0452. The summed E-state index contributed by atoms with van der Waals surface area (Å²) in [6.07, 6.45) is 12.3. The third-order valence-electron chi connectivity index (χ3n) is 3.54. The second kappa shape index (κ2) is 3.30. The Kier molecular flexibility index (Phi) is 2.29. The van der Waals surface area contributed by atoms with E-state index in [9.17, 15) is 5.11 Å². The van der Waals surface area contributed by atoms with E-state index in [-0.39, 0.29) is 6.10 Å². The molecule has 72 valence electrons.